The van der Waals surface area contributed by atoms with Crippen LogP contribution in [0.1, 0.15) is 65.7 Å². The second-order valence-electron chi connectivity index (χ2n) is 8.87. The number of carbonyl (C=O) groups is 3. The maximum absolute atomic E-state index is 13.1. The summed E-state index contributed by atoms with van der Waals surface area (Å²) in [6, 6.07) is -1.06. The number of sulfone groups is 1. The molecule has 3 aliphatic rings. The second-order valence-corrected chi connectivity index (χ2v) is 11.1. The van der Waals surface area contributed by atoms with Crippen molar-refractivity contribution < 1.29 is 22.8 Å². The van der Waals surface area contributed by atoms with Crippen LogP contribution >= 0.6 is 0 Å². The Morgan fingerprint density at radius 3 is 2.41 bits per heavy atom. The highest BCUT2D eigenvalue weighted by Crippen LogP contribution is 2.37. The quantitative estimate of drug-likeness (QED) is 0.650. The van der Waals surface area contributed by atoms with Crippen LogP contribution in [0.3, 0.4) is 0 Å². The van der Waals surface area contributed by atoms with Gasteiger partial charge in [0, 0.05) is 12.1 Å². The fraction of sp³-hybridized carbons (Fsp3) is 0.850. The Labute approximate surface area is 173 Å². The molecule has 0 unspecified atom stereocenters. The molecule has 9 heteroatoms. The zero-order valence-electron chi connectivity index (χ0n) is 17.6. The van der Waals surface area contributed by atoms with Crippen LogP contribution in [0.2, 0.25) is 0 Å². The first-order valence-electron chi connectivity index (χ1n) is 10.8. The number of hydrogen-bond acceptors (Lipinski definition) is 5. The van der Waals surface area contributed by atoms with E-state index in [1.807, 2.05) is 13.8 Å². The zero-order chi connectivity index (χ0) is 21.4. The number of urea groups is 1. The summed E-state index contributed by atoms with van der Waals surface area (Å²) >= 11 is 0. The van der Waals surface area contributed by atoms with Gasteiger partial charge >= 0.3 is 6.03 Å². The molecule has 1 spiro atoms. The standard InChI is InChI=1S/C20H33N3O5S/c1-4-14(3)23(16-8-11-29(27,28)13-16)17(24)12-22-18(25)20(21-19(22)26)9-6-15(5-2)7-10-20/h14-16H,4-13H2,1-3H3,(H,21,26)/t14-,15?,16+,20?/m0/s1. The highest BCUT2D eigenvalue weighted by atomic mass is 32.2. The third-order valence-electron chi connectivity index (χ3n) is 7.03. The van der Waals surface area contributed by atoms with Gasteiger partial charge in [-0.25, -0.2) is 13.2 Å². The first-order valence-corrected chi connectivity index (χ1v) is 12.6. The van der Waals surface area contributed by atoms with Gasteiger partial charge in [0.1, 0.15) is 12.1 Å². The molecular weight excluding hydrogens is 394 g/mol. The number of nitrogens with zero attached hydrogens (tertiary/aromatic N) is 2. The fourth-order valence-electron chi connectivity index (χ4n) is 4.96. The minimum atomic E-state index is -3.15. The Bertz CT molecular complexity index is 773. The number of rotatable bonds is 6. The van der Waals surface area contributed by atoms with E-state index in [1.165, 1.54) is 0 Å². The normalized spacial score (nSPS) is 32.4. The molecule has 1 N–H and O–H groups in total. The molecule has 3 rings (SSSR count). The Kier molecular flexibility index (Phi) is 6.27. The average Bonchev–Trinajstić information content (AvgIpc) is 3.14. The SMILES string of the molecule is CCC1CCC2(CC1)NC(=O)N(CC(=O)N([C@@H]1CCS(=O)(=O)C1)[C@@H](C)CC)C2=O. The lowest BCUT2D eigenvalue weighted by Crippen LogP contribution is -2.52. The summed E-state index contributed by atoms with van der Waals surface area (Å²) in [6.07, 6.45) is 5.14. The number of carbonyl (C=O) groups excluding carboxylic acids is 3. The van der Waals surface area contributed by atoms with E-state index in [0.29, 0.717) is 31.6 Å². The minimum absolute atomic E-state index is 0.0500. The van der Waals surface area contributed by atoms with Crippen LogP contribution in [-0.4, -0.2) is 71.7 Å². The van der Waals surface area contributed by atoms with Crippen molar-refractivity contribution in [2.45, 2.75) is 83.3 Å². The number of nitrogens with one attached hydrogen (secondary N) is 1. The summed E-state index contributed by atoms with van der Waals surface area (Å²) in [5.74, 6) is -0.0714. The van der Waals surface area contributed by atoms with Gasteiger partial charge in [0.2, 0.25) is 5.91 Å². The van der Waals surface area contributed by atoms with Crippen LogP contribution in [-0.2, 0) is 19.4 Å². The van der Waals surface area contributed by atoms with Gasteiger partial charge in [0.15, 0.2) is 9.84 Å². The summed E-state index contributed by atoms with van der Waals surface area (Å²) in [5.41, 5.74) is -0.874. The zero-order valence-corrected chi connectivity index (χ0v) is 18.5. The Hall–Kier alpha value is -1.64. The van der Waals surface area contributed by atoms with Crippen molar-refractivity contribution >= 4 is 27.7 Å². The fourth-order valence-corrected chi connectivity index (χ4v) is 6.67. The predicted molar refractivity (Wildman–Crippen MR) is 109 cm³/mol. The van der Waals surface area contributed by atoms with E-state index in [4.69, 9.17) is 0 Å². The van der Waals surface area contributed by atoms with Crippen molar-refractivity contribution in [3.8, 4) is 0 Å². The molecule has 29 heavy (non-hydrogen) atoms. The molecule has 2 aliphatic heterocycles. The minimum Gasteiger partial charge on any atom is -0.334 e. The molecule has 2 saturated heterocycles. The van der Waals surface area contributed by atoms with Crippen molar-refractivity contribution in [3.63, 3.8) is 0 Å². The summed E-state index contributed by atoms with van der Waals surface area (Å²) in [4.78, 5) is 41.4. The Balaban J connectivity index is 1.73. The van der Waals surface area contributed by atoms with E-state index in [1.54, 1.807) is 4.90 Å². The van der Waals surface area contributed by atoms with Gasteiger partial charge in [-0.3, -0.25) is 14.5 Å². The van der Waals surface area contributed by atoms with Crippen LogP contribution < -0.4 is 5.32 Å². The highest BCUT2D eigenvalue weighted by molar-refractivity contribution is 7.91. The first-order chi connectivity index (χ1) is 13.6. The molecule has 2 heterocycles. The lowest BCUT2D eigenvalue weighted by Gasteiger charge is -2.35. The Morgan fingerprint density at radius 2 is 1.90 bits per heavy atom. The second kappa shape index (κ2) is 8.24. The number of hydrogen-bond donors (Lipinski definition) is 1. The van der Waals surface area contributed by atoms with E-state index in [2.05, 4.69) is 12.2 Å². The van der Waals surface area contributed by atoms with E-state index in [0.717, 1.165) is 24.2 Å². The van der Waals surface area contributed by atoms with Crippen molar-refractivity contribution in [1.29, 1.82) is 0 Å². The van der Waals surface area contributed by atoms with E-state index in [-0.39, 0.29) is 35.9 Å². The smallest absolute Gasteiger partial charge is 0.325 e. The van der Waals surface area contributed by atoms with E-state index < -0.39 is 27.4 Å². The van der Waals surface area contributed by atoms with Crippen LogP contribution in [0.5, 0.6) is 0 Å². The van der Waals surface area contributed by atoms with Crippen LogP contribution in [0, 0.1) is 5.92 Å². The van der Waals surface area contributed by atoms with Crippen molar-refractivity contribution in [2.24, 2.45) is 5.92 Å². The molecule has 3 fully saturated rings. The molecule has 2 atom stereocenters. The molecule has 1 saturated carbocycles. The van der Waals surface area contributed by atoms with Gasteiger partial charge in [-0.1, -0.05) is 20.3 Å². The average molecular weight is 428 g/mol. The third kappa shape index (κ3) is 4.29. The topological polar surface area (TPSA) is 104 Å². The molecule has 0 radical (unpaired) electrons. The highest BCUT2D eigenvalue weighted by Gasteiger charge is 2.53. The summed E-state index contributed by atoms with van der Waals surface area (Å²) in [7, 11) is -3.15. The molecule has 164 valence electrons. The summed E-state index contributed by atoms with van der Waals surface area (Å²) in [6.45, 7) is 5.62. The van der Waals surface area contributed by atoms with Gasteiger partial charge in [-0.05, 0) is 51.4 Å². The van der Waals surface area contributed by atoms with Gasteiger partial charge in [0.25, 0.3) is 5.91 Å². The molecule has 0 aromatic carbocycles. The lowest BCUT2D eigenvalue weighted by atomic mass is 9.75. The molecule has 0 aromatic heterocycles. The van der Waals surface area contributed by atoms with Crippen LogP contribution in [0.4, 0.5) is 4.79 Å². The molecule has 1 aliphatic carbocycles. The molecule has 4 amide bonds. The lowest BCUT2D eigenvalue weighted by molar-refractivity contribution is -0.142. The van der Waals surface area contributed by atoms with Crippen LogP contribution in [0.25, 0.3) is 0 Å². The molecule has 0 aromatic rings. The third-order valence-corrected chi connectivity index (χ3v) is 8.78. The Morgan fingerprint density at radius 1 is 1.24 bits per heavy atom. The van der Waals surface area contributed by atoms with Crippen molar-refractivity contribution in [2.75, 3.05) is 18.1 Å². The van der Waals surface area contributed by atoms with Crippen LogP contribution in [0.15, 0.2) is 0 Å². The maximum Gasteiger partial charge on any atom is 0.325 e. The van der Waals surface area contributed by atoms with E-state index in [9.17, 15) is 22.8 Å². The van der Waals surface area contributed by atoms with Crippen molar-refractivity contribution in [3.05, 3.63) is 0 Å². The van der Waals surface area contributed by atoms with Gasteiger partial charge in [-0.2, -0.15) is 0 Å². The predicted octanol–water partition coefficient (Wildman–Crippen LogP) is 1.69. The maximum atomic E-state index is 13.1. The number of imide groups is 1. The van der Waals surface area contributed by atoms with E-state index >= 15 is 0 Å². The van der Waals surface area contributed by atoms with Gasteiger partial charge < -0.3 is 10.2 Å². The molecular formula is C20H33N3O5S. The largest absolute Gasteiger partial charge is 0.334 e. The molecule has 8 nitrogen and oxygen atoms in total. The number of amides is 4. The first kappa shape index (κ1) is 22.1. The monoisotopic (exact) mass is 427 g/mol. The van der Waals surface area contributed by atoms with Gasteiger partial charge in [0.05, 0.1) is 11.5 Å². The summed E-state index contributed by atoms with van der Waals surface area (Å²) in [5, 5.41) is 2.85. The van der Waals surface area contributed by atoms with Crippen molar-refractivity contribution in [1.82, 2.24) is 15.1 Å². The molecule has 0 bridgehead atoms. The summed E-state index contributed by atoms with van der Waals surface area (Å²) < 4.78 is 23.8. The van der Waals surface area contributed by atoms with Gasteiger partial charge in [-0.15, -0.1) is 0 Å².